The first kappa shape index (κ1) is 15.1. The van der Waals surface area contributed by atoms with Gasteiger partial charge in [0, 0.05) is 19.6 Å². The minimum absolute atomic E-state index is 0.456. The second-order valence-electron chi connectivity index (χ2n) is 5.57. The van der Waals surface area contributed by atoms with Crippen molar-refractivity contribution in [2.45, 2.75) is 46.5 Å². The summed E-state index contributed by atoms with van der Waals surface area (Å²) in [5.74, 6) is 1.06. The molecule has 0 bridgehead atoms. The third kappa shape index (κ3) is 4.35. The molecule has 104 valence electrons. The monoisotopic (exact) mass is 251 g/mol. The molecule has 0 aliphatic carbocycles. The fraction of sp³-hybridized carbons (Fsp3) is 0.800. The number of aliphatic imine (C=N–C) groups is 1. The van der Waals surface area contributed by atoms with Gasteiger partial charge in [-0.25, -0.2) is 4.99 Å². The normalized spacial score (nSPS) is 25.1. The molecule has 1 unspecified atom stereocenters. The molecule has 1 heterocycles. The van der Waals surface area contributed by atoms with Crippen LogP contribution in [0, 0.1) is 5.41 Å². The molecule has 3 heteroatoms. The zero-order chi connectivity index (χ0) is 13.4. The molecular formula is C15H29N3. The molecule has 0 aromatic heterocycles. The number of likely N-dealkylation sites (tertiary alicyclic amines) is 1. The van der Waals surface area contributed by atoms with E-state index in [0.717, 1.165) is 25.6 Å². The summed E-state index contributed by atoms with van der Waals surface area (Å²) in [5, 5.41) is 3.40. The van der Waals surface area contributed by atoms with Gasteiger partial charge in [0.2, 0.25) is 0 Å². The van der Waals surface area contributed by atoms with Crippen molar-refractivity contribution in [2.24, 2.45) is 10.4 Å². The van der Waals surface area contributed by atoms with Crippen molar-refractivity contribution in [3.8, 4) is 0 Å². The summed E-state index contributed by atoms with van der Waals surface area (Å²) in [6, 6.07) is 0. The molecule has 1 rings (SSSR count). The van der Waals surface area contributed by atoms with Crippen LogP contribution in [0.2, 0.25) is 0 Å². The molecule has 0 spiro atoms. The van der Waals surface area contributed by atoms with E-state index in [0.29, 0.717) is 12.0 Å². The van der Waals surface area contributed by atoms with E-state index in [1.807, 2.05) is 6.08 Å². The van der Waals surface area contributed by atoms with Crippen molar-refractivity contribution in [3.05, 3.63) is 12.7 Å². The van der Waals surface area contributed by atoms with Gasteiger partial charge in [-0.3, -0.25) is 0 Å². The molecule has 0 saturated carbocycles. The quantitative estimate of drug-likeness (QED) is 0.462. The van der Waals surface area contributed by atoms with Crippen LogP contribution in [0.1, 0.15) is 46.5 Å². The van der Waals surface area contributed by atoms with Crippen molar-refractivity contribution >= 4 is 5.96 Å². The van der Waals surface area contributed by atoms with E-state index in [1.165, 1.54) is 25.7 Å². The van der Waals surface area contributed by atoms with Gasteiger partial charge in [0.25, 0.3) is 0 Å². The molecule has 3 nitrogen and oxygen atoms in total. The average Bonchev–Trinajstić information content (AvgIpc) is 2.34. The lowest BCUT2D eigenvalue weighted by molar-refractivity contribution is 0.142. The predicted octanol–water partition coefficient (Wildman–Crippen LogP) is 3.04. The number of hydrogen-bond acceptors (Lipinski definition) is 1. The minimum atomic E-state index is 0.456. The number of piperidine rings is 1. The fourth-order valence-corrected chi connectivity index (χ4v) is 2.88. The first-order valence-electron chi connectivity index (χ1n) is 7.29. The van der Waals surface area contributed by atoms with Crippen molar-refractivity contribution < 1.29 is 0 Å². The van der Waals surface area contributed by atoms with Crippen LogP contribution in [-0.2, 0) is 0 Å². The molecular weight excluding hydrogens is 222 g/mol. The van der Waals surface area contributed by atoms with E-state index in [1.54, 1.807) is 0 Å². The Kier molecular flexibility index (Phi) is 6.23. The first-order chi connectivity index (χ1) is 8.65. The molecule has 0 aromatic carbocycles. The summed E-state index contributed by atoms with van der Waals surface area (Å²) in [5.41, 5.74) is 0.456. The molecule has 0 aromatic rings. The molecule has 1 aliphatic heterocycles. The SMILES string of the molecule is C=CCN=C(NCC)N1CCCC(C)(CCC)C1. The molecule has 1 saturated heterocycles. The lowest BCUT2D eigenvalue weighted by atomic mass is 9.78. The Labute approximate surface area is 112 Å². The highest BCUT2D eigenvalue weighted by Crippen LogP contribution is 2.33. The number of nitrogens with zero attached hydrogens (tertiary/aromatic N) is 2. The molecule has 0 amide bonds. The summed E-state index contributed by atoms with van der Waals surface area (Å²) in [6.45, 7) is 14.4. The molecule has 18 heavy (non-hydrogen) atoms. The van der Waals surface area contributed by atoms with Gasteiger partial charge in [0.1, 0.15) is 0 Å². The third-order valence-electron chi connectivity index (χ3n) is 3.64. The van der Waals surface area contributed by atoms with Crippen LogP contribution >= 0.6 is 0 Å². The summed E-state index contributed by atoms with van der Waals surface area (Å²) in [4.78, 5) is 7.02. The smallest absolute Gasteiger partial charge is 0.194 e. The van der Waals surface area contributed by atoms with Crippen LogP contribution in [0.3, 0.4) is 0 Å². The lowest BCUT2D eigenvalue weighted by Gasteiger charge is -2.42. The second kappa shape index (κ2) is 7.45. The highest BCUT2D eigenvalue weighted by atomic mass is 15.3. The minimum Gasteiger partial charge on any atom is -0.357 e. The van der Waals surface area contributed by atoms with E-state index in [-0.39, 0.29) is 0 Å². The second-order valence-corrected chi connectivity index (χ2v) is 5.57. The molecule has 1 aliphatic rings. The van der Waals surface area contributed by atoms with Crippen molar-refractivity contribution in [1.29, 1.82) is 0 Å². The Bertz CT molecular complexity index is 281. The predicted molar refractivity (Wildman–Crippen MR) is 80.0 cm³/mol. The number of nitrogens with one attached hydrogen (secondary N) is 1. The Morgan fingerprint density at radius 3 is 2.89 bits per heavy atom. The third-order valence-corrected chi connectivity index (χ3v) is 3.64. The van der Waals surface area contributed by atoms with E-state index in [2.05, 4.69) is 42.6 Å². The van der Waals surface area contributed by atoms with Crippen LogP contribution in [0.4, 0.5) is 0 Å². The van der Waals surface area contributed by atoms with Crippen LogP contribution < -0.4 is 5.32 Å². The van der Waals surface area contributed by atoms with Gasteiger partial charge >= 0.3 is 0 Å². The molecule has 1 N–H and O–H groups in total. The van der Waals surface area contributed by atoms with Crippen molar-refractivity contribution in [2.75, 3.05) is 26.2 Å². The molecule has 0 radical (unpaired) electrons. The number of hydrogen-bond donors (Lipinski definition) is 1. The standard InChI is InChI=1S/C15H29N3/c1-5-9-15(4)10-8-12-18(13-15)14(16-7-3)17-11-6-2/h6H,2,5,7-13H2,1,3-4H3,(H,16,17). The van der Waals surface area contributed by atoms with Crippen LogP contribution in [0.5, 0.6) is 0 Å². The Morgan fingerprint density at radius 1 is 1.50 bits per heavy atom. The Hall–Kier alpha value is -0.990. The van der Waals surface area contributed by atoms with E-state index in [4.69, 9.17) is 0 Å². The van der Waals surface area contributed by atoms with Crippen LogP contribution in [0.15, 0.2) is 17.6 Å². The topological polar surface area (TPSA) is 27.6 Å². The van der Waals surface area contributed by atoms with Gasteiger partial charge in [-0.1, -0.05) is 26.3 Å². The van der Waals surface area contributed by atoms with Crippen molar-refractivity contribution in [3.63, 3.8) is 0 Å². The van der Waals surface area contributed by atoms with E-state index in [9.17, 15) is 0 Å². The van der Waals surface area contributed by atoms with Gasteiger partial charge in [-0.2, -0.15) is 0 Å². The largest absolute Gasteiger partial charge is 0.357 e. The highest BCUT2D eigenvalue weighted by Gasteiger charge is 2.31. The fourth-order valence-electron chi connectivity index (χ4n) is 2.88. The maximum absolute atomic E-state index is 4.59. The van der Waals surface area contributed by atoms with Crippen LogP contribution in [-0.4, -0.2) is 37.0 Å². The average molecular weight is 251 g/mol. The van der Waals surface area contributed by atoms with Gasteiger partial charge in [-0.05, 0) is 31.6 Å². The maximum atomic E-state index is 4.59. The van der Waals surface area contributed by atoms with E-state index < -0.39 is 0 Å². The van der Waals surface area contributed by atoms with Gasteiger partial charge in [0.05, 0.1) is 6.54 Å². The maximum Gasteiger partial charge on any atom is 0.194 e. The van der Waals surface area contributed by atoms with Gasteiger partial charge in [0.15, 0.2) is 5.96 Å². The highest BCUT2D eigenvalue weighted by molar-refractivity contribution is 5.80. The Balaban J connectivity index is 2.69. The number of rotatable bonds is 5. The zero-order valence-corrected chi connectivity index (χ0v) is 12.3. The summed E-state index contributed by atoms with van der Waals surface area (Å²) < 4.78 is 0. The number of guanidine groups is 1. The van der Waals surface area contributed by atoms with Gasteiger partial charge < -0.3 is 10.2 Å². The Morgan fingerprint density at radius 2 is 2.28 bits per heavy atom. The summed E-state index contributed by atoms with van der Waals surface area (Å²) in [6.07, 6.45) is 7.05. The van der Waals surface area contributed by atoms with E-state index >= 15 is 0 Å². The lowest BCUT2D eigenvalue weighted by Crippen LogP contribution is -2.49. The zero-order valence-electron chi connectivity index (χ0n) is 12.3. The summed E-state index contributed by atoms with van der Waals surface area (Å²) in [7, 11) is 0. The van der Waals surface area contributed by atoms with Crippen molar-refractivity contribution in [1.82, 2.24) is 10.2 Å². The first-order valence-corrected chi connectivity index (χ1v) is 7.29. The molecule has 1 atom stereocenters. The molecule has 1 fully saturated rings. The van der Waals surface area contributed by atoms with Gasteiger partial charge in [-0.15, -0.1) is 6.58 Å². The van der Waals surface area contributed by atoms with Crippen LogP contribution in [0.25, 0.3) is 0 Å². The summed E-state index contributed by atoms with van der Waals surface area (Å²) >= 11 is 0.